The molecule has 1 heterocycles. The summed E-state index contributed by atoms with van der Waals surface area (Å²) in [5.74, 6) is -1.16. The molecule has 0 aromatic heterocycles. The van der Waals surface area contributed by atoms with Crippen LogP contribution >= 0.6 is 11.6 Å². The molecule has 1 unspecified atom stereocenters. The van der Waals surface area contributed by atoms with E-state index in [1.165, 1.54) is 23.1 Å². The lowest BCUT2D eigenvalue weighted by Crippen LogP contribution is -2.47. The van der Waals surface area contributed by atoms with E-state index in [4.69, 9.17) is 17.3 Å². The van der Waals surface area contributed by atoms with Gasteiger partial charge in [-0.1, -0.05) is 11.6 Å². The lowest BCUT2D eigenvalue weighted by atomic mass is 10.2. The van der Waals surface area contributed by atoms with Gasteiger partial charge in [0.2, 0.25) is 11.8 Å². The quantitative estimate of drug-likeness (QED) is 0.876. The molecule has 2 rings (SSSR count). The second-order valence-electron chi connectivity index (χ2n) is 4.73. The van der Waals surface area contributed by atoms with E-state index in [0.717, 1.165) is 0 Å². The Morgan fingerprint density at radius 1 is 1.60 bits per heavy atom. The number of amides is 2. The highest BCUT2D eigenvalue weighted by molar-refractivity contribution is 6.31. The number of nitrogens with zero attached hydrogens (tertiary/aromatic N) is 1. The fourth-order valence-electron chi connectivity index (χ4n) is 2.03. The SMILES string of the molecule is C[C@@H](N)C(=O)NC1CCN(c2ccc(F)c(Cl)c2)C1=O. The van der Waals surface area contributed by atoms with Gasteiger partial charge >= 0.3 is 0 Å². The predicted molar refractivity (Wildman–Crippen MR) is 74.0 cm³/mol. The molecular formula is C13H15ClFN3O2. The van der Waals surface area contributed by atoms with Crippen LogP contribution in [0.4, 0.5) is 10.1 Å². The number of anilines is 1. The zero-order chi connectivity index (χ0) is 14.9. The molecule has 108 valence electrons. The van der Waals surface area contributed by atoms with E-state index in [1.54, 1.807) is 6.92 Å². The van der Waals surface area contributed by atoms with Crippen molar-refractivity contribution in [3.63, 3.8) is 0 Å². The third-order valence-corrected chi connectivity index (χ3v) is 3.44. The van der Waals surface area contributed by atoms with Gasteiger partial charge in [0, 0.05) is 12.2 Å². The zero-order valence-corrected chi connectivity index (χ0v) is 11.7. The Balaban J connectivity index is 2.11. The van der Waals surface area contributed by atoms with E-state index < -0.39 is 17.9 Å². The van der Waals surface area contributed by atoms with Crippen LogP contribution < -0.4 is 16.0 Å². The highest BCUT2D eigenvalue weighted by Gasteiger charge is 2.34. The number of benzene rings is 1. The zero-order valence-electron chi connectivity index (χ0n) is 10.9. The van der Waals surface area contributed by atoms with Crippen LogP contribution in [0.15, 0.2) is 18.2 Å². The van der Waals surface area contributed by atoms with Crippen LogP contribution in [0.25, 0.3) is 0 Å². The normalized spacial score (nSPS) is 20.1. The van der Waals surface area contributed by atoms with E-state index in [-0.39, 0.29) is 16.8 Å². The smallest absolute Gasteiger partial charge is 0.249 e. The first kappa shape index (κ1) is 14.7. The number of carbonyl (C=O) groups excluding carboxylic acids is 2. The molecule has 7 heteroatoms. The van der Waals surface area contributed by atoms with E-state index in [0.29, 0.717) is 18.7 Å². The van der Waals surface area contributed by atoms with E-state index in [2.05, 4.69) is 5.32 Å². The summed E-state index contributed by atoms with van der Waals surface area (Å²) in [5, 5.41) is 2.55. The maximum Gasteiger partial charge on any atom is 0.249 e. The molecule has 1 aromatic carbocycles. The van der Waals surface area contributed by atoms with Gasteiger partial charge in [0.05, 0.1) is 11.1 Å². The highest BCUT2D eigenvalue weighted by atomic mass is 35.5. The number of nitrogens with one attached hydrogen (secondary N) is 1. The Morgan fingerprint density at radius 3 is 2.90 bits per heavy atom. The second-order valence-corrected chi connectivity index (χ2v) is 5.13. The molecule has 20 heavy (non-hydrogen) atoms. The molecule has 1 fully saturated rings. The molecule has 0 aliphatic carbocycles. The van der Waals surface area contributed by atoms with Crippen molar-refractivity contribution in [2.45, 2.75) is 25.4 Å². The Hall–Kier alpha value is -1.66. The minimum atomic E-state index is -0.669. The fourth-order valence-corrected chi connectivity index (χ4v) is 2.20. The summed E-state index contributed by atoms with van der Waals surface area (Å²) in [6, 6.07) is 2.81. The van der Waals surface area contributed by atoms with Crippen LogP contribution in [0.1, 0.15) is 13.3 Å². The van der Waals surface area contributed by atoms with Crippen LogP contribution in [0.5, 0.6) is 0 Å². The number of halogens is 2. The topological polar surface area (TPSA) is 75.4 Å². The molecule has 1 aliphatic heterocycles. The van der Waals surface area contributed by atoms with Gasteiger partial charge in [-0.25, -0.2) is 4.39 Å². The number of hydrogen-bond acceptors (Lipinski definition) is 3. The van der Waals surface area contributed by atoms with Crippen molar-refractivity contribution in [2.75, 3.05) is 11.4 Å². The fraction of sp³-hybridized carbons (Fsp3) is 0.385. The van der Waals surface area contributed by atoms with Gasteiger partial charge < -0.3 is 16.0 Å². The van der Waals surface area contributed by atoms with Crippen molar-refractivity contribution < 1.29 is 14.0 Å². The monoisotopic (exact) mass is 299 g/mol. The van der Waals surface area contributed by atoms with E-state index >= 15 is 0 Å². The highest BCUT2D eigenvalue weighted by Crippen LogP contribution is 2.26. The number of rotatable bonds is 3. The molecule has 0 bridgehead atoms. The molecule has 1 aromatic rings. The van der Waals surface area contributed by atoms with Crippen LogP contribution in [0, 0.1) is 5.82 Å². The van der Waals surface area contributed by atoms with Gasteiger partial charge in [-0.15, -0.1) is 0 Å². The lowest BCUT2D eigenvalue weighted by molar-refractivity contribution is -0.127. The van der Waals surface area contributed by atoms with Gasteiger partial charge in [-0.2, -0.15) is 0 Å². The Labute approximate surface area is 120 Å². The summed E-state index contributed by atoms with van der Waals surface area (Å²) in [6.07, 6.45) is 0.478. The van der Waals surface area contributed by atoms with Gasteiger partial charge in [0.15, 0.2) is 0 Å². The lowest BCUT2D eigenvalue weighted by Gasteiger charge is -2.18. The van der Waals surface area contributed by atoms with Gasteiger partial charge in [0.25, 0.3) is 0 Å². The minimum absolute atomic E-state index is 0.0432. The summed E-state index contributed by atoms with van der Waals surface area (Å²) in [5.41, 5.74) is 5.96. The van der Waals surface area contributed by atoms with Crippen LogP contribution in [-0.4, -0.2) is 30.4 Å². The molecule has 5 nitrogen and oxygen atoms in total. The first-order chi connectivity index (χ1) is 9.40. The Morgan fingerprint density at radius 2 is 2.30 bits per heavy atom. The molecule has 1 aliphatic rings. The van der Waals surface area contributed by atoms with Crippen LogP contribution in [0.2, 0.25) is 5.02 Å². The van der Waals surface area contributed by atoms with Crippen molar-refractivity contribution in [3.8, 4) is 0 Å². The van der Waals surface area contributed by atoms with Gasteiger partial charge in [-0.3, -0.25) is 9.59 Å². The number of hydrogen-bond donors (Lipinski definition) is 2. The summed E-state index contributed by atoms with van der Waals surface area (Å²) in [4.78, 5) is 25.2. The second kappa shape index (κ2) is 5.76. The molecule has 0 radical (unpaired) electrons. The third kappa shape index (κ3) is 2.91. The van der Waals surface area contributed by atoms with Crippen molar-refractivity contribution in [3.05, 3.63) is 29.0 Å². The maximum absolute atomic E-state index is 13.1. The molecular weight excluding hydrogens is 285 g/mol. The van der Waals surface area contributed by atoms with E-state index in [1.807, 2.05) is 0 Å². The first-order valence-electron chi connectivity index (χ1n) is 6.22. The molecule has 3 N–H and O–H groups in total. The summed E-state index contributed by atoms with van der Waals surface area (Å²) < 4.78 is 13.1. The first-order valence-corrected chi connectivity index (χ1v) is 6.60. The van der Waals surface area contributed by atoms with Crippen molar-refractivity contribution in [2.24, 2.45) is 5.73 Å². The average Bonchev–Trinajstić information content (AvgIpc) is 2.74. The van der Waals surface area contributed by atoms with Crippen molar-refractivity contribution in [1.82, 2.24) is 5.32 Å². The number of carbonyl (C=O) groups is 2. The van der Waals surface area contributed by atoms with Crippen LogP contribution in [-0.2, 0) is 9.59 Å². The number of nitrogens with two attached hydrogens (primary N) is 1. The van der Waals surface area contributed by atoms with E-state index in [9.17, 15) is 14.0 Å². The summed E-state index contributed by atoms with van der Waals surface area (Å²) in [6.45, 7) is 1.98. The standard InChI is InChI=1S/C13H15ClFN3O2/c1-7(16)12(19)17-11-4-5-18(13(11)20)8-2-3-10(15)9(14)6-8/h2-3,6-7,11H,4-5,16H2,1H3,(H,17,19)/t7-,11?/m1/s1. The maximum atomic E-state index is 13.1. The molecule has 1 saturated heterocycles. The molecule has 2 atom stereocenters. The van der Waals surface area contributed by atoms with Crippen LogP contribution in [0.3, 0.4) is 0 Å². The van der Waals surface area contributed by atoms with Crippen molar-refractivity contribution in [1.29, 1.82) is 0 Å². The summed E-state index contributed by atoms with van der Waals surface area (Å²) in [7, 11) is 0. The third-order valence-electron chi connectivity index (χ3n) is 3.15. The molecule has 0 saturated carbocycles. The molecule has 0 spiro atoms. The average molecular weight is 300 g/mol. The minimum Gasteiger partial charge on any atom is -0.343 e. The summed E-state index contributed by atoms with van der Waals surface area (Å²) >= 11 is 5.70. The van der Waals surface area contributed by atoms with Gasteiger partial charge in [0.1, 0.15) is 11.9 Å². The van der Waals surface area contributed by atoms with Gasteiger partial charge in [-0.05, 0) is 31.5 Å². The molecule has 2 amide bonds. The Bertz CT molecular complexity index is 550. The largest absolute Gasteiger partial charge is 0.343 e. The Kier molecular flexibility index (Phi) is 4.25. The predicted octanol–water partition coefficient (Wildman–Crippen LogP) is 1.05. The van der Waals surface area contributed by atoms with Crippen molar-refractivity contribution >= 4 is 29.1 Å².